The number of hydrogen-bond donors (Lipinski definition) is 1. The summed E-state index contributed by atoms with van der Waals surface area (Å²) in [5.74, 6) is -1.74. The summed E-state index contributed by atoms with van der Waals surface area (Å²) in [5.41, 5.74) is 1.09. The van der Waals surface area contributed by atoms with E-state index in [9.17, 15) is 23.9 Å². The molecule has 0 amide bonds. The van der Waals surface area contributed by atoms with Crippen LogP contribution in [0.4, 0.5) is 0 Å². The minimum absolute atomic E-state index is 0.0533. The lowest BCUT2D eigenvalue weighted by atomic mass is 10.3. The topological polar surface area (TPSA) is 145 Å². The number of ether oxygens (including phenoxy) is 1. The average molecular weight is 315 g/mol. The largest absolute Gasteiger partial charge is 0.790 e. The Morgan fingerprint density at radius 3 is 2.81 bits per heavy atom. The molecule has 0 aliphatic rings. The third-order valence-electron chi connectivity index (χ3n) is 2.44. The quantitative estimate of drug-likeness (QED) is 0.341. The standard InChI is InChI=1S/C11H12NO8P/c13-10(2-1-4-19-21(15,16)17)20-11(14)8-6-9-7(12-8)3-5-18-9/h3,5-6,12H,1-2,4H2,(H2,15,16,17)/p-2. The zero-order valence-electron chi connectivity index (χ0n) is 10.6. The molecule has 2 aromatic heterocycles. The third kappa shape index (κ3) is 4.54. The van der Waals surface area contributed by atoms with Crippen molar-refractivity contribution in [2.24, 2.45) is 0 Å². The second-order valence-electron chi connectivity index (χ2n) is 4.03. The van der Waals surface area contributed by atoms with E-state index in [0.717, 1.165) is 0 Å². The first-order valence-electron chi connectivity index (χ1n) is 5.83. The smallest absolute Gasteiger partial charge is 0.362 e. The number of nitrogens with one attached hydrogen (secondary N) is 1. The van der Waals surface area contributed by atoms with Crippen LogP contribution in [0.5, 0.6) is 0 Å². The summed E-state index contributed by atoms with van der Waals surface area (Å²) in [5, 5.41) is 0. The van der Waals surface area contributed by atoms with Gasteiger partial charge in [-0.15, -0.1) is 0 Å². The van der Waals surface area contributed by atoms with Gasteiger partial charge in [-0.3, -0.25) is 4.79 Å². The van der Waals surface area contributed by atoms with Crippen molar-refractivity contribution in [2.45, 2.75) is 12.8 Å². The molecule has 0 radical (unpaired) electrons. The van der Waals surface area contributed by atoms with Crippen LogP contribution in [0.2, 0.25) is 0 Å². The molecule has 0 atom stereocenters. The van der Waals surface area contributed by atoms with E-state index in [1.54, 1.807) is 6.07 Å². The summed E-state index contributed by atoms with van der Waals surface area (Å²) in [6, 6.07) is 2.99. The molecule has 0 aliphatic carbocycles. The molecule has 9 nitrogen and oxygen atoms in total. The molecule has 0 spiro atoms. The Hall–Kier alpha value is -1.93. The van der Waals surface area contributed by atoms with E-state index in [1.165, 1.54) is 12.3 Å². The zero-order chi connectivity index (χ0) is 15.5. The molecular formula is C11H10NO8P-2. The van der Waals surface area contributed by atoms with Crippen molar-refractivity contribution in [3.8, 4) is 0 Å². The second-order valence-corrected chi connectivity index (χ2v) is 5.18. The van der Waals surface area contributed by atoms with Crippen LogP contribution in [0.3, 0.4) is 0 Å². The Labute approximate surface area is 118 Å². The van der Waals surface area contributed by atoms with Gasteiger partial charge in [0.25, 0.3) is 0 Å². The van der Waals surface area contributed by atoms with Gasteiger partial charge >= 0.3 is 11.9 Å². The molecule has 0 aliphatic heterocycles. The molecule has 10 heteroatoms. The van der Waals surface area contributed by atoms with Crippen molar-refractivity contribution in [1.82, 2.24) is 4.98 Å². The van der Waals surface area contributed by atoms with Crippen molar-refractivity contribution in [3.63, 3.8) is 0 Å². The van der Waals surface area contributed by atoms with E-state index in [1.807, 2.05) is 0 Å². The number of carbonyl (C=O) groups is 2. The van der Waals surface area contributed by atoms with Crippen LogP contribution in [-0.2, 0) is 18.6 Å². The number of furan rings is 1. The van der Waals surface area contributed by atoms with Crippen LogP contribution in [0.1, 0.15) is 23.3 Å². The molecule has 1 N–H and O–H groups in total. The fourth-order valence-electron chi connectivity index (χ4n) is 1.56. The number of carbonyl (C=O) groups excluding carboxylic acids is 2. The molecule has 0 fully saturated rings. The number of H-pyrrole nitrogens is 1. The van der Waals surface area contributed by atoms with Gasteiger partial charge in [-0.1, -0.05) is 0 Å². The Morgan fingerprint density at radius 1 is 1.38 bits per heavy atom. The van der Waals surface area contributed by atoms with Crippen LogP contribution in [0, 0.1) is 0 Å². The third-order valence-corrected chi connectivity index (χ3v) is 2.94. The number of fused-ring (bicyclic) bond motifs is 1. The highest BCUT2D eigenvalue weighted by molar-refractivity contribution is 7.43. The Kier molecular flexibility index (Phi) is 4.59. The predicted molar refractivity (Wildman–Crippen MR) is 63.8 cm³/mol. The van der Waals surface area contributed by atoms with Crippen molar-refractivity contribution >= 4 is 30.9 Å². The highest BCUT2D eigenvalue weighted by atomic mass is 31.2. The molecule has 2 heterocycles. The van der Waals surface area contributed by atoms with E-state index in [4.69, 9.17) is 4.42 Å². The molecule has 0 aromatic carbocycles. The molecule has 2 aromatic rings. The maximum atomic E-state index is 11.6. The van der Waals surface area contributed by atoms with Crippen molar-refractivity contribution in [1.29, 1.82) is 0 Å². The first-order chi connectivity index (χ1) is 9.85. The van der Waals surface area contributed by atoms with Crippen LogP contribution >= 0.6 is 7.82 Å². The van der Waals surface area contributed by atoms with E-state index in [-0.39, 0.29) is 18.5 Å². The summed E-state index contributed by atoms with van der Waals surface area (Å²) >= 11 is 0. The number of hydrogen-bond acceptors (Lipinski definition) is 8. The molecule has 0 saturated heterocycles. The monoisotopic (exact) mass is 315 g/mol. The Balaban J connectivity index is 1.78. The van der Waals surface area contributed by atoms with Gasteiger partial charge in [0.05, 0.1) is 26.2 Å². The fourth-order valence-corrected chi connectivity index (χ4v) is 1.91. The van der Waals surface area contributed by atoms with E-state index in [0.29, 0.717) is 11.1 Å². The van der Waals surface area contributed by atoms with Crippen LogP contribution < -0.4 is 9.79 Å². The predicted octanol–water partition coefficient (Wildman–Crippen LogP) is 0.0698. The van der Waals surface area contributed by atoms with E-state index < -0.39 is 26.4 Å². The van der Waals surface area contributed by atoms with Crippen molar-refractivity contribution in [2.75, 3.05) is 6.61 Å². The lowest BCUT2D eigenvalue weighted by molar-refractivity contribution is -0.341. The maximum Gasteiger partial charge on any atom is 0.362 e. The van der Waals surface area contributed by atoms with Gasteiger partial charge in [-0.2, -0.15) is 0 Å². The molecule has 0 bridgehead atoms. The Bertz CT molecular complexity index is 667. The zero-order valence-corrected chi connectivity index (χ0v) is 11.5. The summed E-state index contributed by atoms with van der Waals surface area (Å²) in [7, 11) is -5.05. The summed E-state index contributed by atoms with van der Waals surface area (Å²) < 4.78 is 23.7. The van der Waals surface area contributed by atoms with Gasteiger partial charge in [-0.05, 0) is 6.42 Å². The lowest BCUT2D eigenvalue weighted by Crippen LogP contribution is -2.17. The van der Waals surface area contributed by atoms with Crippen LogP contribution in [0.15, 0.2) is 22.8 Å². The molecule has 2 rings (SSSR count). The first-order valence-corrected chi connectivity index (χ1v) is 7.29. The SMILES string of the molecule is O=C(CCCOP(=O)([O-])[O-])OC(=O)c1cc2occc2[nH]1. The summed E-state index contributed by atoms with van der Waals surface area (Å²) in [6.07, 6.45) is 1.11. The number of phosphoric acid groups is 1. The second kappa shape index (κ2) is 6.23. The van der Waals surface area contributed by atoms with E-state index in [2.05, 4.69) is 14.2 Å². The summed E-state index contributed by atoms with van der Waals surface area (Å²) in [6.45, 7) is -0.441. The van der Waals surface area contributed by atoms with Gasteiger partial charge in [0.1, 0.15) is 5.69 Å². The lowest BCUT2D eigenvalue weighted by Gasteiger charge is -2.28. The molecule has 114 valence electrons. The number of aromatic amines is 1. The van der Waals surface area contributed by atoms with Crippen LogP contribution in [0.25, 0.3) is 11.1 Å². The maximum absolute atomic E-state index is 11.6. The first kappa shape index (κ1) is 15.5. The molecule has 21 heavy (non-hydrogen) atoms. The fraction of sp³-hybridized carbons (Fsp3) is 0.273. The minimum atomic E-state index is -5.05. The summed E-state index contributed by atoms with van der Waals surface area (Å²) in [4.78, 5) is 46.0. The highest BCUT2D eigenvalue weighted by Crippen LogP contribution is 2.24. The molecule has 0 saturated carbocycles. The minimum Gasteiger partial charge on any atom is -0.790 e. The number of esters is 2. The Morgan fingerprint density at radius 2 is 2.14 bits per heavy atom. The highest BCUT2D eigenvalue weighted by Gasteiger charge is 2.16. The molecule has 0 unspecified atom stereocenters. The average Bonchev–Trinajstić information content (AvgIpc) is 2.93. The number of aromatic nitrogens is 1. The van der Waals surface area contributed by atoms with Gasteiger partial charge in [0.15, 0.2) is 5.58 Å². The number of rotatable bonds is 6. The van der Waals surface area contributed by atoms with Gasteiger partial charge in [0.2, 0.25) is 0 Å². The van der Waals surface area contributed by atoms with Crippen LogP contribution in [-0.4, -0.2) is 23.5 Å². The number of phosphoric ester groups is 1. The van der Waals surface area contributed by atoms with Gasteiger partial charge in [0, 0.05) is 18.6 Å². The molecular weight excluding hydrogens is 305 g/mol. The van der Waals surface area contributed by atoms with E-state index >= 15 is 0 Å². The van der Waals surface area contributed by atoms with Gasteiger partial charge < -0.3 is 33.0 Å². The van der Waals surface area contributed by atoms with Gasteiger partial charge in [-0.25, -0.2) is 4.79 Å². The normalized spacial score (nSPS) is 11.7. The van der Waals surface area contributed by atoms with Crippen molar-refractivity contribution < 1.29 is 37.6 Å². The van der Waals surface area contributed by atoms with Crippen molar-refractivity contribution in [3.05, 3.63) is 24.1 Å².